The number of rotatable bonds is 5. The molecule has 0 atom stereocenters. The van der Waals surface area contributed by atoms with Gasteiger partial charge in [-0.15, -0.1) is 0 Å². The Balaban J connectivity index is 2.41. The molecule has 5 heteroatoms. The molecule has 0 aliphatic heterocycles. The monoisotopic (exact) mass is 216 g/mol. The lowest BCUT2D eigenvalue weighted by molar-refractivity contribution is -0.0914. The van der Waals surface area contributed by atoms with E-state index in [1.165, 1.54) is 0 Å². The van der Waals surface area contributed by atoms with Gasteiger partial charge in [0.1, 0.15) is 5.82 Å². The Morgan fingerprint density at radius 1 is 1.43 bits per heavy atom. The fraction of sp³-hybridized carbons (Fsp3) is 0.444. The van der Waals surface area contributed by atoms with Crippen LogP contribution < -0.4 is 5.32 Å². The number of halogens is 1. The third kappa shape index (κ3) is 3.49. The van der Waals surface area contributed by atoms with Gasteiger partial charge in [-0.1, -0.05) is 11.6 Å². The first-order valence-corrected chi connectivity index (χ1v) is 4.55. The number of methoxy groups -OCH3 is 2. The second kappa shape index (κ2) is 5.80. The summed E-state index contributed by atoms with van der Waals surface area (Å²) < 4.78 is 10.0. The number of aromatic nitrogens is 1. The molecule has 0 aliphatic rings. The Bertz CT molecular complexity index is 262. The van der Waals surface area contributed by atoms with E-state index in [2.05, 4.69) is 10.3 Å². The van der Waals surface area contributed by atoms with E-state index in [1.54, 1.807) is 32.5 Å². The van der Waals surface area contributed by atoms with Crippen LogP contribution in [-0.2, 0) is 9.47 Å². The minimum atomic E-state index is -0.271. The van der Waals surface area contributed by atoms with Crippen LogP contribution in [0.25, 0.3) is 0 Å². The van der Waals surface area contributed by atoms with Crippen molar-refractivity contribution in [3.63, 3.8) is 0 Å². The predicted octanol–water partition coefficient (Wildman–Crippen LogP) is 1.77. The Morgan fingerprint density at radius 3 is 2.64 bits per heavy atom. The average Bonchev–Trinajstić information content (AvgIpc) is 2.22. The largest absolute Gasteiger partial charge is 0.365 e. The van der Waals surface area contributed by atoms with Crippen molar-refractivity contribution >= 4 is 17.4 Å². The van der Waals surface area contributed by atoms with Gasteiger partial charge in [-0.25, -0.2) is 4.98 Å². The molecule has 0 saturated heterocycles. The fourth-order valence-electron chi connectivity index (χ4n) is 0.931. The third-order valence-electron chi connectivity index (χ3n) is 1.70. The van der Waals surface area contributed by atoms with Crippen molar-refractivity contribution in [1.29, 1.82) is 0 Å². The molecule has 4 nitrogen and oxygen atoms in total. The molecule has 0 aromatic carbocycles. The number of anilines is 1. The van der Waals surface area contributed by atoms with Gasteiger partial charge in [-0.05, 0) is 12.1 Å². The van der Waals surface area contributed by atoms with Gasteiger partial charge in [0, 0.05) is 20.4 Å². The van der Waals surface area contributed by atoms with Crippen LogP contribution in [0.5, 0.6) is 0 Å². The van der Waals surface area contributed by atoms with Crippen LogP contribution in [0, 0.1) is 0 Å². The fourth-order valence-corrected chi connectivity index (χ4v) is 1.04. The molecule has 1 heterocycles. The summed E-state index contributed by atoms with van der Waals surface area (Å²) in [6, 6.07) is 3.57. The van der Waals surface area contributed by atoms with Crippen LogP contribution >= 0.6 is 11.6 Å². The summed E-state index contributed by atoms with van der Waals surface area (Å²) in [7, 11) is 3.18. The van der Waals surface area contributed by atoms with E-state index in [-0.39, 0.29) is 6.29 Å². The Kier molecular flexibility index (Phi) is 4.65. The maximum absolute atomic E-state index is 5.69. The summed E-state index contributed by atoms with van der Waals surface area (Å²) in [5.74, 6) is 0.744. The zero-order chi connectivity index (χ0) is 10.4. The first-order chi connectivity index (χ1) is 6.76. The van der Waals surface area contributed by atoms with Gasteiger partial charge in [0.2, 0.25) is 0 Å². The lowest BCUT2D eigenvalue weighted by Crippen LogP contribution is -2.23. The number of ether oxygens (including phenoxy) is 2. The van der Waals surface area contributed by atoms with Crippen LogP contribution in [0.15, 0.2) is 18.3 Å². The number of nitrogens with one attached hydrogen (secondary N) is 1. The molecule has 0 fully saturated rings. The van der Waals surface area contributed by atoms with E-state index < -0.39 is 0 Å². The molecule has 0 saturated carbocycles. The van der Waals surface area contributed by atoms with Crippen molar-refractivity contribution in [3.05, 3.63) is 23.4 Å². The van der Waals surface area contributed by atoms with E-state index in [0.29, 0.717) is 11.6 Å². The normalized spacial score (nSPS) is 10.6. The minimum Gasteiger partial charge on any atom is -0.365 e. The standard InChI is InChI=1S/C9H13ClN2O2/c1-13-9(14-2)6-12-8-4-3-7(10)5-11-8/h3-5,9H,6H2,1-2H3,(H,11,12). The molecule has 1 aromatic rings. The number of hydrogen-bond acceptors (Lipinski definition) is 4. The summed E-state index contributed by atoms with van der Waals surface area (Å²) in [6.07, 6.45) is 1.31. The first-order valence-electron chi connectivity index (χ1n) is 4.17. The van der Waals surface area contributed by atoms with Gasteiger partial charge in [0.05, 0.1) is 11.6 Å². The molecule has 0 radical (unpaired) electrons. The smallest absolute Gasteiger partial charge is 0.173 e. The van der Waals surface area contributed by atoms with Crippen molar-refractivity contribution in [3.8, 4) is 0 Å². The molecule has 1 aromatic heterocycles. The topological polar surface area (TPSA) is 43.4 Å². The predicted molar refractivity (Wildman–Crippen MR) is 55.5 cm³/mol. The molecule has 14 heavy (non-hydrogen) atoms. The second-order valence-corrected chi connectivity index (χ2v) is 3.08. The molecular formula is C9H13ClN2O2. The highest BCUT2D eigenvalue weighted by molar-refractivity contribution is 6.30. The van der Waals surface area contributed by atoms with Gasteiger partial charge in [-0.2, -0.15) is 0 Å². The molecule has 0 bridgehead atoms. The van der Waals surface area contributed by atoms with Crippen molar-refractivity contribution in [2.24, 2.45) is 0 Å². The lowest BCUT2D eigenvalue weighted by atomic mass is 10.4. The van der Waals surface area contributed by atoms with Crippen LogP contribution in [-0.4, -0.2) is 32.0 Å². The maximum atomic E-state index is 5.69. The van der Waals surface area contributed by atoms with Gasteiger partial charge in [0.25, 0.3) is 0 Å². The molecule has 0 spiro atoms. The summed E-state index contributed by atoms with van der Waals surface area (Å²) >= 11 is 5.69. The van der Waals surface area contributed by atoms with Crippen LogP contribution in [0.4, 0.5) is 5.82 Å². The summed E-state index contributed by atoms with van der Waals surface area (Å²) in [4.78, 5) is 4.06. The van der Waals surface area contributed by atoms with Gasteiger partial charge in [0.15, 0.2) is 6.29 Å². The van der Waals surface area contributed by atoms with Crippen molar-refractivity contribution in [2.45, 2.75) is 6.29 Å². The van der Waals surface area contributed by atoms with Crippen LogP contribution in [0.1, 0.15) is 0 Å². The first kappa shape index (κ1) is 11.2. The van der Waals surface area contributed by atoms with E-state index in [4.69, 9.17) is 21.1 Å². The van der Waals surface area contributed by atoms with Crippen LogP contribution in [0.2, 0.25) is 5.02 Å². The zero-order valence-corrected chi connectivity index (χ0v) is 8.91. The number of pyridine rings is 1. The third-order valence-corrected chi connectivity index (χ3v) is 1.93. The molecular weight excluding hydrogens is 204 g/mol. The Morgan fingerprint density at radius 2 is 2.14 bits per heavy atom. The number of hydrogen-bond donors (Lipinski definition) is 1. The zero-order valence-electron chi connectivity index (χ0n) is 8.16. The Hall–Kier alpha value is -0.840. The second-order valence-electron chi connectivity index (χ2n) is 2.64. The summed E-state index contributed by atoms with van der Waals surface area (Å²) in [6.45, 7) is 0.543. The SMILES string of the molecule is COC(CNc1ccc(Cl)cn1)OC. The van der Waals surface area contributed by atoms with E-state index in [1.807, 2.05) is 0 Å². The molecule has 0 amide bonds. The highest BCUT2D eigenvalue weighted by Crippen LogP contribution is 2.09. The average molecular weight is 217 g/mol. The molecule has 0 aliphatic carbocycles. The van der Waals surface area contributed by atoms with Crippen LogP contribution in [0.3, 0.4) is 0 Å². The van der Waals surface area contributed by atoms with Gasteiger partial charge < -0.3 is 14.8 Å². The quantitative estimate of drug-likeness (QED) is 0.762. The van der Waals surface area contributed by atoms with E-state index in [9.17, 15) is 0 Å². The molecule has 1 rings (SSSR count). The molecule has 0 unspecified atom stereocenters. The van der Waals surface area contributed by atoms with Crippen molar-refractivity contribution in [2.75, 3.05) is 26.1 Å². The lowest BCUT2D eigenvalue weighted by Gasteiger charge is -2.14. The number of nitrogens with zero attached hydrogens (tertiary/aromatic N) is 1. The van der Waals surface area contributed by atoms with E-state index in [0.717, 1.165) is 5.82 Å². The van der Waals surface area contributed by atoms with E-state index >= 15 is 0 Å². The maximum Gasteiger partial charge on any atom is 0.173 e. The van der Waals surface area contributed by atoms with Gasteiger partial charge >= 0.3 is 0 Å². The minimum absolute atomic E-state index is 0.271. The summed E-state index contributed by atoms with van der Waals surface area (Å²) in [5.41, 5.74) is 0. The van der Waals surface area contributed by atoms with Crippen molar-refractivity contribution < 1.29 is 9.47 Å². The molecule has 1 N–H and O–H groups in total. The van der Waals surface area contributed by atoms with Gasteiger partial charge in [-0.3, -0.25) is 0 Å². The highest BCUT2D eigenvalue weighted by atomic mass is 35.5. The molecule has 78 valence electrons. The highest BCUT2D eigenvalue weighted by Gasteiger charge is 2.04. The summed E-state index contributed by atoms with van der Waals surface area (Å²) in [5, 5.41) is 3.67. The Labute approximate surface area is 88.2 Å². The van der Waals surface area contributed by atoms with Crippen molar-refractivity contribution in [1.82, 2.24) is 4.98 Å².